The van der Waals surface area contributed by atoms with E-state index in [1.807, 2.05) is 6.92 Å². The first kappa shape index (κ1) is 9.96. The van der Waals surface area contributed by atoms with Crippen molar-refractivity contribution in [2.24, 2.45) is 5.73 Å². The molecule has 0 aliphatic carbocycles. The Labute approximate surface area is 74.9 Å². The van der Waals surface area contributed by atoms with Crippen LogP contribution < -0.4 is 5.73 Å². The fourth-order valence-corrected chi connectivity index (χ4v) is 1.30. The SMILES string of the molecule is CC1(N)COC1.CN1CCCC1. The van der Waals surface area contributed by atoms with Gasteiger partial charge >= 0.3 is 0 Å². The van der Waals surface area contributed by atoms with Crippen LogP contribution in [-0.4, -0.2) is 43.8 Å². The van der Waals surface area contributed by atoms with Crippen LogP contribution >= 0.6 is 0 Å². The van der Waals surface area contributed by atoms with Crippen molar-refractivity contribution in [3.05, 3.63) is 0 Å². The molecule has 0 bridgehead atoms. The zero-order chi connectivity index (χ0) is 9.03. The van der Waals surface area contributed by atoms with Crippen LogP contribution in [0.2, 0.25) is 0 Å². The molecule has 0 saturated carbocycles. The summed E-state index contributed by atoms with van der Waals surface area (Å²) in [5, 5.41) is 0. The van der Waals surface area contributed by atoms with Gasteiger partial charge in [-0.2, -0.15) is 0 Å². The first-order valence-corrected chi connectivity index (χ1v) is 4.65. The maximum Gasteiger partial charge on any atom is 0.0667 e. The first-order chi connectivity index (χ1) is 5.60. The number of rotatable bonds is 0. The largest absolute Gasteiger partial charge is 0.377 e. The van der Waals surface area contributed by atoms with E-state index in [2.05, 4.69) is 11.9 Å². The van der Waals surface area contributed by atoms with Crippen molar-refractivity contribution in [1.29, 1.82) is 0 Å². The van der Waals surface area contributed by atoms with E-state index >= 15 is 0 Å². The molecule has 0 aromatic rings. The summed E-state index contributed by atoms with van der Waals surface area (Å²) in [7, 11) is 2.17. The molecule has 0 amide bonds. The van der Waals surface area contributed by atoms with Crippen molar-refractivity contribution in [1.82, 2.24) is 4.90 Å². The normalized spacial score (nSPS) is 27.2. The lowest BCUT2D eigenvalue weighted by Crippen LogP contribution is -2.54. The number of likely N-dealkylation sites (tertiary alicyclic amines) is 1. The lowest BCUT2D eigenvalue weighted by molar-refractivity contribution is -0.0433. The number of hydrogen-bond donors (Lipinski definition) is 1. The van der Waals surface area contributed by atoms with E-state index in [0.717, 1.165) is 13.2 Å². The first-order valence-electron chi connectivity index (χ1n) is 4.65. The van der Waals surface area contributed by atoms with Gasteiger partial charge in [-0.15, -0.1) is 0 Å². The Hall–Kier alpha value is -0.120. The minimum Gasteiger partial charge on any atom is -0.377 e. The highest BCUT2D eigenvalue weighted by molar-refractivity contribution is 4.84. The molecule has 2 N–H and O–H groups in total. The Balaban J connectivity index is 0.000000120. The van der Waals surface area contributed by atoms with Crippen molar-refractivity contribution in [3.8, 4) is 0 Å². The quantitative estimate of drug-likeness (QED) is 0.576. The van der Waals surface area contributed by atoms with Gasteiger partial charge in [0.1, 0.15) is 0 Å². The van der Waals surface area contributed by atoms with Crippen LogP contribution in [0.3, 0.4) is 0 Å². The lowest BCUT2D eigenvalue weighted by Gasteiger charge is -2.33. The van der Waals surface area contributed by atoms with E-state index in [-0.39, 0.29) is 5.54 Å². The van der Waals surface area contributed by atoms with Crippen LogP contribution in [0.5, 0.6) is 0 Å². The van der Waals surface area contributed by atoms with Gasteiger partial charge in [0.05, 0.1) is 18.8 Å². The molecule has 2 fully saturated rings. The van der Waals surface area contributed by atoms with E-state index in [1.165, 1.54) is 25.9 Å². The van der Waals surface area contributed by atoms with Gasteiger partial charge in [-0.3, -0.25) is 0 Å². The summed E-state index contributed by atoms with van der Waals surface area (Å²) in [6, 6.07) is 0. The lowest BCUT2D eigenvalue weighted by atomic mass is 10.0. The highest BCUT2D eigenvalue weighted by Crippen LogP contribution is 2.09. The molecular weight excluding hydrogens is 152 g/mol. The second-order valence-corrected chi connectivity index (χ2v) is 4.16. The summed E-state index contributed by atoms with van der Waals surface area (Å²) in [6.07, 6.45) is 2.83. The molecule has 0 unspecified atom stereocenters. The van der Waals surface area contributed by atoms with Crippen LogP contribution in [0.1, 0.15) is 19.8 Å². The van der Waals surface area contributed by atoms with Crippen LogP contribution in [0.25, 0.3) is 0 Å². The highest BCUT2D eigenvalue weighted by atomic mass is 16.5. The van der Waals surface area contributed by atoms with Gasteiger partial charge in [0.2, 0.25) is 0 Å². The Morgan fingerprint density at radius 2 is 1.67 bits per heavy atom. The predicted molar refractivity (Wildman–Crippen MR) is 50.1 cm³/mol. The maximum absolute atomic E-state index is 5.50. The Kier molecular flexibility index (Phi) is 3.50. The Morgan fingerprint density at radius 1 is 1.25 bits per heavy atom. The van der Waals surface area contributed by atoms with Gasteiger partial charge < -0.3 is 15.4 Å². The van der Waals surface area contributed by atoms with Crippen LogP contribution in [0, 0.1) is 0 Å². The standard InChI is InChI=1S/C5H11N.C4H9NO/c1-6-4-2-3-5-6;1-4(5)2-6-3-4/h2-5H2,1H3;2-3,5H2,1H3. The molecule has 0 spiro atoms. The third-order valence-electron chi connectivity index (χ3n) is 2.19. The van der Waals surface area contributed by atoms with E-state index in [4.69, 9.17) is 10.5 Å². The monoisotopic (exact) mass is 172 g/mol. The predicted octanol–water partition coefficient (Wildman–Crippen LogP) is 0.446. The average Bonchev–Trinajstić information content (AvgIpc) is 2.38. The molecule has 3 heteroatoms. The van der Waals surface area contributed by atoms with Crippen LogP contribution in [-0.2, 0) is 4.74 Å². The van der Waals surface area contributed by atoms with E-state index in [1.54, 1.807) is 0 Å². The summed E-state index contributed by atoms with van der Waals surface area (Å²) in [5.41, 5.74) is 5.50. The molecule has 0 radical (unpaired) electrons. The van der Waals surface area contributed by atoms with Gasteiger partial charge in [0.25, 0.3) is 0 Å². The highest BCUT2D eigenvalue weighted by Gasteiger charge is 2.27. The molecular formula is C9H20N2O. The maximum atomic E-state index is 5.50. The van der Waals surface area contributed by atoms with Crippen molar-refractivity contribution >= 4 is 0 Å². The molecule has 0 atom stereocenters. The smallest absolute Gasteiger partial charge is 0.0667 e. The number of nitrogens with two attached hydrogens (primary N) is 1. The van der Waals surface area contributed by atoms with Crippen molar-refractivity contribution in [2.75, 3.05) is 33.4 Å². The molecule has 72 valence electrons. The summed E-state index contributed by atoms with van der Waals surface area (Å²) in [5.74, 6) is 0. The van der Waals surface area contributed by atoms with Crippen molar-refractivity contribution < 1.29 is 4.74 Å². The number of hydrogen-bond acceptors (Lipinski definition) is 3. The van der Waals surface area contributed by atoms with Gasteiger partial charge in [-0.25, -0.2) is 0 Å². The molecule has 0 aromatic heterocycles. The average molecular weight is 172 g/mol. The summed E-state index contributed by atoms with van der Waals surface area (Å²) in [6.45, 7) is 6.08. The second-order valence-electron chi connectivity index (χ2n) is 4.16. The molecule has 2 aliphatic heterocycles. The van der Waals surface area contributed by atoms with Crippen molar-refractivity contribution in [2.45, 2.75) is 25.3 Å². The zero-order valence-electron chi connectivity index (χ0n) is 8.18. The van der Waals surface area contributed by atoms with E-state index in [0.29, 0.717) is 0 Å². The van der Waals surface area contributed by atoms with Gasteiger partial charge in [0.15, 0.2) is 0 Å². The molecule has 2 rings (SSSR count). The second kappa shape index (κ2) is 4.21. The number of nitrogens with zero attached hydrogens (tertiary/aromatic N) is 1. The van der Waals surface area contributed by atoms with Gasteiger partial charge in [-0.05, 0) is 39.9 Å². The minimum absolute atomic E-state index is 0. The molecule has 2 heterocycles. The third-order valence-corrected chi connectivity index (χ3v) is 2.19. The Morgan fingerprint density at radius 3 is 1.75 bits per heavy atom. The summed E-state index contributed by atoms with van der Waals surface area (Å²) < 4.78 is 4.81. The number of ether oxygens (including phenoxy) is 1. The molecule has 2 aliphatic rings. The molecule has 2 saturated heterocycles. The van der Waals surface area contributed by atoms with E-state index < -0.39 is 0 Å². The summed E-state index contributed by atoms with van der Waals surface area (Å²) in [4.78, 5) is 2.36. The minimum atomic E-state index is 0. The third kappa shape index (κ3) is 3.52. The summed E-state index contributed by atoms with van der Waals surface area (Å²) >= 11 is 0. The molecule has 0 aromatic carbocycles. The van der Waals surface area contributed by atoms with E-state index in [9.17, 15) is 0 Å². The van der Waals surface area contributed by atoms with Crippen LogP contribution in [0.15, 0.2) is 0 Å². The van der Waals surface area contributed by atoms with Gasteiger partial charge in [0, 0.05) is 0 Å². The topological polar surface area (TPSA) is 38.5 Å². The zero-order valence-corrected chi connectivity index (χ0v) is 8.18. The molecule has 12 heavy (non-hydrogen) atoms. The fraction of sp³-hybridized carbons (Fsp3) is 1.00. The fourth-order valence-electron chi connectivity index (χ4n) is 1.30. The van der Waals surface area contributed by atoms with Crippen molar-refractivity contribution in [3.63, 3.8) is 0 Å². The Bertz CT molecular complexity index is 124. The van der Waals surface area contributed by atoms with Gasteiger partial charge in [-0.1, -0.05) is 0 Å². The molecule has 3 nitrogen and oxygen atoms in total. The van der Waals surface area contributed by atoms with Crippen LogP contribution in [0.4, 0.5) is 0 Å².